The summed E-state index contributed by atoms with van der Waals surface area (Å²) in [5.41, 5.74) is 0.571. The fraction of sp³-hybridized carbons (Fsp3) is 0.462. The van der Waals surface area contributed by atoms with Crippen LogP contribution in [0.3, 0.4) is 0 Å². The highest BCUT2D eigenvalue weighted by atomic mass is 16.6. The van der Waals surface area contributed by atoms with Gasteiger partial charge in [0.15, 0.2) is 0 Å². The van der Waals surface area contributed by atoms with Crippen molar-refractivity contribution < 1.29 is 14.3 Å². The second kappa shape index (κ2) is 4.97. The molecule has 0 spiro atoms. The van der Waals surface area contributed by atoms with Crippen molar-refractivity contribution >= 4 is 11.8 Å². The third-order valence-corrected chi connectivity index (χ3v) is 3.36. The van der Waals surface area contributed by atoms with E-state index in [9.17, 15) is 9.59 Å². The van der Waals surface area contributed by atoms with Gasteiger partial charge in [0.2, 0.25) is 5.91 Å². The van der Waals surface area contributed by atoms with Crippen LogP contribution in [-0.2, 0) is 9.53 Å². The maximum Gasteiger partial charge on any atom is 0.254 e. The van der Waals surface area contributed by atoms with Gasteiger partial charge in [-0.15, -0.1) is 0 Å². The molecule has 2 aliphatic heterocycles. The number of carbonyl (C=O) groups excluding carboxylic acids is 2. The molecule has 2 fully saturated rings. The molecule has 1 aromatic heterocycles. The lowest BCUT2D eigenvalue weighted by atomic mass is 10.2. The lowest BCUT2D eigenvalue weighted by Gasteiger charge is -2.34. The first-order valence-corrected chi connectivity index (χ1v) is 6.33. The SMILES string of the molecule is O=C1CN(C(=O)c2ccncc2)CCN1C[C@@H]1CO1. The Balaban J connectivity index is 1.61. The lowest BCUT2D eigenvalue weighted by Crippen LogP contribution is -2.53. The summed E-state index contributed by atoms with van der Waals surface area (Å²) in [7, 11) is 0. The first-order valence-electron chi connectivity index (χ1n) is 6.33. The zero-order valence-corrected chi connectivity index (χ0v) is 10.5. The predicted octanol–water partition coefficient (Wildman–Crippen LogP) is -0.235. The van der Waals surface area contributed by atoms with Gasteiger partial charge in [-0.3, -0.25) is 14.6 Å². The molecular formula is C13H15N3O3. The van der Waals surface area contributed by atoms with Gasteiger partial charge in [-0.1, -0.05) is 0 Å². The third-order valence-electron chi connectivity index (χ3n) is 3.36. The van der Waals surface area contributed by atoms with E-state index in [0.29, 0.717) is 25.2 Å². The lowest BCUT2D eigenvalue weighted by molar-refractivity contribution is -0.135. The Hall–Kier alpha value is -1.95. The molecule has 0 N–H and O–H groups in total. The van der Waals surface area contributed by atoms with Crippen LogP contribution in [0.4, 0.5) is 0 Å². The molecule has 6 nitrogen and oxygen atoms in total. The molecule has 2 saturated heterocycles. The molecule has 100 valence electrons. The topological polar surface area (TPSA) is 66.0 Å². The molecule has 2 aliphatic rings. The fourth-order valence-electron chi connectivity index (χ4n) is 2.17. The predicted molar refractivity (Wildman–Crippen MR) is 66.5 cm³/mol. The summed E-state index contributed by atoms with van der Waals surface area (Å²) in [4.78, 5) is 31.4. The number of hydrogen-bond acceptors (Lipinski definition) is 4. The van der Waals surface area contributed by atoms with Crippen molar-refractivity contribution in [3.05, 3.63) is 30.1 Å². The largest absolute Gasteiger partial charge is 0.371 e. The van der Waals surface area contributed by atoms with Crippen molar-refractivity contribution in [2.45, 2.75) is 6.10 Å². The van der Waals surface area contributed by atoms with Gasteiger partial charge in [0.05, 0.1) is 12.7 Å². The first-order chi connectivity index (χ1) is 9.24. The van der Waals surface area contributed by atoms with Crippen molar-refractivity contribution in [3.8, 4) is 0 Å². The van der Waals surface area contributed by atoms with E-state index in [4.69, 9.17) is 4.74 Å². The molecule has 0 saturated carbocycles. The zero-order valence-electron chi connectivity index (χ0n) is 10.5. The van der Waals surface area contributed by atoms with Gasteiger partial charge >= 0.3 is 0 Å². The molecule has 0 bridgehead atoms. The van der Waals surface area contributed by atoms with Gasteiger partial charge < -0.3 is 14.5 Å². The van der Waals surface area contributed by atoms with Crippen molar-refractivity contribution in [2.75, 3.05) is 32.8 Å². The maximum atomic E-state index is 12.2. The molecule has 19 heavy (non-hydrogen) atoms. The van der Waals surface area contributed by atoms with Gasteiger partial charge in [-0.25, -0.2) is 0 Å². The van der Waals surface area contributed by atoms with Crippen molar-refractivity contribution in [3.63, 3.8) is 0 Å². The van der Waals surface area contributed by atoms with Crippen LogP contribution in [0.15, 0.2) is 24.5 Å². The normalized spacial score (nSPS) is 22.5. The Morgan fingerprint density at radius 1 is 1.37 bits per heavy atom. The van der Waals surface area contributed by atoms with Crippen LogP contribution in [0.1, 0.15) is 10.4 Å². The van der Waals surface area contributed by atoms with Gasteiger partial charge in [-0.05, 0) is 12.1 Å². The van der Waals surface area contributed by atoms with E-state index in [-0.39, 0.29) is 24.5 Å². The number of ether oxygens (including phenoxy) is 1. The summed E-state index contributed by atoms with van der Waals surface area (Å²) in [6.07, 6.45) is 3.36. The van der Waals surface area contributed by atoms with Crippen molar-refractivity contribution in [2.24, 2.45) is 0 Å². The van der Waals surface area contributed by atoms with Gasteiger partial charge in [-0.2, -0.15) is 0 Å². The summed E-state index contributed by atoms with van der Waals surface area (Å²) in [5.74, 6) is -0.123. The Kier molecular flexibility index (Phi) is 3.16. The second-order valence-corrected chi connectivity index (χ2v) is 4.76. The van der Waals surface area contributed by atoms with Gasteiger partial charge in [0.1, 0.15) is 6.54 Å². The van der Waals surface area contributed by atoms with E-state index in [1.54, 1.807) is 34.3 Å². The smallest absolute Gasteiger partial charge is 0.254 e. The van der Waals surface area contributed by atoms with Crippen LogP contribution in [0, 0.1) is 0 Å². The van der Waals surface area contributed by atoms with Crippen LogP contribution < -0.4 is 0 Å². The summed E-state index contributed by atoms with van der Waals surface area (Å²) < 4.78 is 5.12. The standard InChI is InChI=1S/C13H15N3O3/c17-12-8-16(6-5-15(12)7-11-9-19-11)13(18)10-1-3-14-4-2-10/h1-4,11H,5-9H2/t11-/m1/s1. The molecule has 1 aromatic rings. The van der Waals surface area contributed by atoms with E-state index in [0.717, 1.165) is 6.61 Å². The molecular weight excluding hydrogens is 246 g/mol. The maximum absolute atomic E-state index is 12.2. The van der Waals surface area contributed by atoms with Gasteiger partial charge in [0.25, 0.3) is 5.91 Å². The average Bonchev–Trinajstić information content (AvgIpc) is 3.25. The zero-order chi connectivity index (χ0) is 13.2. The Morgan fingerprint density at radius 3 is 2.74 bits per heavy atom. The van der Waals surface area contributed by atoms with Crippen molar-refractivity contribution in [1.82, 2.24) is 14.8 Å². The summed E-state index contributed by atoms with van der Waals surface area (Å²) in [6.45, 7) is 2.68. The van der Waals surface area contributed by atoms with E-state index >= 15 is 0 Å². The third kappa shape index (κ3) is 2.73. The number of nitrogens with zero attached hydrogens (tertiary/aromatic N) is 3. The molecule has 0 unspecified atom stereocenters. The van der Waals surface area contributed by atoms with Crippen LogP contribution >= 0.6 is 0 Å². The summed E-state index contributed by atoms with van der Waals surface area (Å²) >= 11 is 0. The Bertz CT molecular complexity index is 487. The summed E-state index contributed by atoms with van der Waals surface area (Å²) in [5, 5.41) is 0. The second-order valence-electron chi connectivity index (χ2n) is 4.76. The molecule has 0 radical (unpaired) electrons. The minimum Gasteiger partial charge on any atom is -0.371 e. The van der Waals surface area contributed by atoms with Crippen LogP contribution in [-0.4, -0.2) is 65.5 Å². The quantitative estimate of drug-likeness (QED) is 0.705. The molecule has 0 aliphatic carbocycles. The molecule has 1 atom stereocenters. The number of rotatable bonds is 3. The van der Waals surface area contributed by atoms with E-state index in [1.807, 2.05) is 0 Å². The van der Waals surface area contributed by atoms with E-state index < -0.39 is 0 Å². The minimum absolute atomic E-state index is 0.0100. The highest BCUT2D eigenvalue weighted by Gasteiger charge is 2.32. The van der Waals surface area contributed by atoms with Crippen molar-refractivity contribution in [1.29, 1.82) is 0 Å². The number of epoxide rings is 1. The fourth-order valence-corrected chi connectivity index (χ4v) is 2.17. The Labute approximate surface area is 111 Å². The van der Waals surface area contributed by atoms with E-state index in [1.165, 1.54) is 0 Å². The highest BCUT2D eigenvalue weighted by Crippen LogP contribution is 2.14. The monoisotopic (exact) mass is 261 g/mol. The number of carbonyl (C=O) groups is 2. The highest BCUT2D eigenvalue weighted by molar-refractivity contribution is 5.96. The molecule has 2 amide bonds. The molecule has 0 aromatic carbocycles. The minimum atomic E-state index is -0.113. The molecule has 3 rings (SSSR count). The van der Waals surface area contributed by atoms with Crippen LogP contribution in [0.25, 0.3) is 0 Å². The molecule has 6 heteroatoms. The number of pyridine rings is 1. The number of aromatic nitrogens is 1. The first kappa shape index (κ1) is 12.1. The van der Waals surface area contributed by atoms with Crippen LogP contribution in [0.5, 0.6) is 0 Å². The van der Waals surface area contributed by atoms with E-state index in [2.05, 4.69) is 4.98 Å². The molecule has 3 heterocycles. The number of hydrogen-bond donors (Lipinski definition) is 0. The van der Waals surface area contributed by atoms with Crippen LogP contribution in [0.2, 0.25) is 0 Å². The number of piperazine rings is 1. The Morgan fingerprint density at radius 2 is 2.11 bits per heavy atom. The average molecular weight is 261 g/mol. The summed E-state index contributed by atoms with van der Waals surface area (Å²) in [6, 6.07) is 3.33. The van der Waals surface area contributed by atoms with Gasteiger partial charge in [0, 0.05) is 37.6 Å². The number of amides is 2.